The van der Waals surface area contributed by atoms with Gasteiger partial charge < -0.3 is 21.8 Å². The molecular formula is C7H9N7O. The van der Waals surface area contributed by atoms with Crippen molar-refractivity contribution in [2.24, 2.45) is 5.73 Å². The highest BCUT2D eigenvalue weighted by atomic mass is 16.1. The number of fused-ring (bicyclic) bond motifs is 1. The molecule has 0 saturated carbocycles. The second kappa shape index (κ2) is 3.40. The molecule has 78 valence electrons. The average Bonchev–Trinajstić information content (AvgIpc) is 2.61. The summed E-state index contributed by atoms with van der Waals surface area (Å²) < 4.78 is 0. The zero-order valence-electron chi connectivity index (χ0n) is 7.69. The van der Waals surface area contributed by atoms with Crippen LogP contribution in [0.5, 0.6) is 0 Å². The molecule has 6 N–H and O–H groups in total. The number of nitrogens with zero attached hydrogens (tertiary/aromatic N) is 3. The van der Waals surface area contributed by atoms with Crippen molar-refractivity contribution in [3.05, 3.63) is 6.33 Å². The zero-order chi connectivity index (χ0) is 10.8. The molecule has 15 heavy (non-hydrogen) atoms. The van der Waals surface area contributed by atoms with Crippen LogP contribution in [0.3, 0.4) is 0 Å². The number of imidazole rings is 1. The van der Waals surface area contributed by atoms with Crippen LogP contribution in [0.15, 0.2) is 6.33 Å². The Balaban J connectivity index is 2.39. The van der Waals surface area contributed by atoms with Crippen molar-refractivity contribution in [3.63, 3.8) is 0 Å². The predicted molar refractivity (Wildman–Crippen MR) is 53.8 cm³/mol. The van der Waals surface area contributed by atoms with Gasteiger partial charge >= 0.3 is 0 Å². The molecule has 0 aliphatic heterocycles. The smallest absolute Gasteiger partial charge is 0.236 e. The predicted octanol–water partition coefficient (Wildman–Crippen LogP) is -1.17. The van der Waals surface area contributed by atoms with Gasteiger partial charge in [0.15, 0.2) is 11.5 Å². The van der Waals surface area contributed by atoms with Crippen molar-refractivity contribution in [2.75, 3.05) is 17.6 Å². The van der Waals surface area contributed by atoms with Crippen LogP contribution in [0.25, 0.3) is 11.2 Å². The number of amides is 1. The molecule has 0 aromatic carbocycles. The first-order valence-electron chi connectivity index (χ1n) is 4.15. The van der Waals surface area contributed by atoms with Crippen molar-refractivity contribution in [3.8, 4) is 0 Å². The van der Waals surface area contributed by atoms with E-state index in [1.54, 1.807) is 0 Å². The van der Waals surface area contributed by atoms with E-state index < -0.39 is 5.91 Å². The fraction of sp³-hybridized carbons (Fsp3) is 0.143. The molecule has 0 atom stereocenters. The minimum Gasteiger partial charge on any atom is -0.368 e. The molecule has 0 bridgehead atoms. The summed E-state index contributed by atoms with van der Waals surface area (Å²) in [5.74, 6) is 0.00946. The molecule has 0 aliphatic carbocycles. The van der Waals surface area contributed by atoms with Gasteiger partial charge in [-0.3, -0.25) is 4.79 Å². The molecule has 0 saturated heterocycles. The van der Waals surface area contributed by atoms with Crippen molar-refractivity contribution < 1.29 is 4.79 Å². The van der Waals surface area contributed by atoms with Gasteiger partial charge in [0.2, 0.25) is 11.9 Å². The Labute approximate surface area is 84.1 Å². The number of nitrogens with one attached hydrogen (secondary N) is 2. The lowest BCUT2D eigenvalue weighted by molar-refractivity contribution is -0.116. The van der Waals surface area contributed by atoms with Crippen LogP contribution in [-0.2, 0) is 4.79 Å². The highest BCUT2D eigenvalue weighted by molar-refractivity contribution is 5.86. The summed E-state index contributed by atoms with van der Waals surface area (Å²) >= 11 is 0. The van der Waals surface area contributed by atoms with Crippen LogP contribution in [0.2, 0.25) is 0 Å². The number of nitrogen functional groups attached to an aromatic ring is 1. The van der Waals surface area contributed by atoms with Crippen LogP contribution >= 0.6 is 0 Å². The highest BCUT2D eigenvalue weighted by Crippen LogP contribution is 2.16. The second-order valence-corrected chi connectivity index (χ2v) is 2.85. The van der Waals surface area contributed by atoms with E-state index in [1.807, 2.05) is 0 Å². The Hall–Kier alpha value is -2.38. The van der Waals surface area contributed by atoms with Gasteiger partial charge in [0.05, 0.1) is 12.9 Å². The van der Waals surface area contributed by atoms with Crippen molar-refractivity contribution >= 4 is 28.8 Å². The van der Waals surface area contributed by atoms with E-state index >= 15 is 0 Å². The number of aromatic nitrogens is 4. The van der Waals surface area contributed by atoms with E-state index in [1.165, 1.54) is 6.33 Å². The summed E-state index contributed by atoms with van der Waals surface area (Å²) in [6.07, 6.45) is 1.47. The summed E-state index contributed by atoms with van der Waals surface area (Å²) in [5, 5.41) is 2.74. The van der Waals surface area contributed by atoms with Crippen molar-refractivity contribution in [2.45, 2.75) is 0 Å². The number of primary amides is 1. The highest BCUT2D eigenvalue weighted by Gasteiger charge is 2.08. The van der Waals surface area contributed by atoms with Gasteiger partial charge in [-0.1, -0.05) is 0 Å². The van der Waals surface area contributed by atoms with Crippen LogP contribution in [0.4, 0.5) is 11.8 Å². The monoisotopic (exact) mass is 207 g/mol. The molecule has 0 spiro atoms. The van der Waals surface area contributed by atoms with Crippen LogP contribution < -0.4 is 16.8 Å². The van der Waals surface area contributed by atoms with Gasteiger partial charge in [-0.2, -0.15) is 9.97 Å². The van der Waals surface area contributed by atoms with Crippen LogP contribution in [0.1, 0.15) is 0 Å². The van der Waals surface area contributed by atoms with E-state index in [2.05, 4.69) is 25.3 Å². The molecule has 0 unspecified atom stereocenters. The van der Waals surface area contributed by atoms with Gasteiger partial charge in [0.25, 0.3) is 0 Å². The maximum atomic E-state index is 10.6. The fourth-order valence-corrected chi connectivity index (χ4v) is 1.15. The maximum Gasteiger partial charge on any atom is 0.236 e. The largest absolute Gasteiger partial charge is 0.368 e. The Morgan fingerprint density at radius 3 is 3.07 bits per heavy atom. The van der Waals surface area contributed by atoms with E-state index in [4.69, 9.17) is 11.5 Å². The number of carbonyl (C=O) groups excluding carboxylic acids is 1. The number of H-pyrrole nitrogens is 1. The third-order valence-corrected chi connectivity index (χ3v) is 1.73. The van der Waals surface area contributed by atoms with Gasteiger partial charge in [0.1, 0.15) is 5.52 Å². The first kappa shape index (κ1) is 9.19. The van der Waals surface area contributed by atoms with E-state index in [0.717, 1.165) is 0 Å². The molecule has 1 amide bonds. The summed E-state index contributed by atoms with van der Waals surface area (Å²) in [6.45, 7) is -0.0232. The standard InChI is InChI=1S/C7H9N7O/c8-3(15)1-10-5-4-6(12-2-11-4)14-7(9)13-5/h2H,1H2,(H2,8,15)(H4,9,10,11,12,13,14). The number of hydrogen-bond acceptors (Lipinski definition) is 6. The third-order valence-electron chi connectivity index (χ3n) is 1.73. The number of hydrogen-bond donors (Lipinski definition) is 4. The minimum absolute atomic E-state index is 0.0232. The first-order chi connectivity index (χ1) is 7.16. The van der Waals surface area contributed by atoms with E-state index in [0.29, 0.717) is 17.0 Å². The quantitative estimate of drug-likeness (QED) is 0.500. The number of rotatable bonds is 3. The molecule has 2 heterocycles. The maximum absolute atomic E-state index is 10.6. The number of anilines is 2. The fourth-order valence-electron chi connectivity index (χ4n) is 1.15. The molecule has 2 aromatic rings. The summed E-state index contributed by atoms with van der Waals surface area (Å²) in [7, 11) is 0. The Morgan fingerprint density at radius 1 is 1.53 bits per heavy atom. The Kier molecular flexibility index (Phi) is 2.08. The van der Waals surface area contributed by atoms with Gasteiger partial charge in [0, 0.05) is 0 Å². The van der Waals surface area contributed by atoms with Gasteiger partial charge in [-0.25, -0.2) is 4.98 Å². The lowest BCUT2D eigenvalue weighted by Gasteiger charge is -2.03. The summed E-state index contributed by atoms with van der Waals surface area (Å²) in [5.41, 5.74) is 11.5. The van der Waals surface area contributed by atoms with E-state index in [9.17, 15) is 4.79 Å². The molecule has 2 aromatic heterocycles. The normalized spacial score (nSPS) is 10.4. The zero-order valence-corrected chi connectivity index (χ0v) is 7.69. The number of nitrogens with two attached hydrogens (primary N) is 2. The number of carbonyl (C=O) groups is 1. The van der Waals surface area contributed by atoms with Crippen LogP contribution in [0, 0.1) is 0 Å². The number of aromatic amines is 1. The third kappa shape index (κ3) is 1.77. The van der Waals surface area contributed by atoms with Gasteiger partial charge in [-0.05, 0) is 0 Å². The SMILES string of the molecule is NC(=O)CNc1nc(N)nc2nc[nH]c12. The minimum atomic E-state index is -0.486. The molecular weight excluding hydrogens is 198 g/mol. The molecule has 8 nitrogen and oxygen atoms in total. The lowest BCUT2D eigenvalue weighted by Crippen LogP contribution is -2.22. The van der Waals surface area contributed by atoms with Crippen molar-refractivity contribution in [1.82, 2.24) is 19.9 Å². The molecule has 0 radical (unpaired) electrons. The lowest BCUT2D eigenvalue weighted by atomic mass is 10.4. The summed E-state index contributed by atoms with van der Waals surface area (Å²) in [6, 6.07) is 0. The Bertz CT molecular complexity index is 505. The average molecular weight is 207 g/mol. The first-order valence-corrected chi connectivity index (χ1v) is 4.15. The summed E-state index contributed by atoms with van der Waals surface area (Å²) in [4.78, 5) is 25.2. The molecule has 2 rings (SSSR count). The molecule has 8 heteroatoms. The molecule has 0 fully saturated rings. The topological polar surface area (TPSA) is 136 Å². The molecule has 0 aliphatic rings. The Morgan fingerprint density at radius 2 is 2.33 bits per heavy atom. The van der Waals surface area contributed by atoms with E-state index in [-0.39, 0.29) is 12.5 Å². The second-order valence-electron chi connectivity index (χ2n) is 2.85. The van der Waals surface area contributed by atoms with Crippen molar-refractivity contribution in [1.29, 1.82) is 0 Å². The van der Waals surface area contributed by atoms with Gasteiger partial charge in [-0.15, -0.1) is 0 Å². The van der Waals surface area contributed by atoms with Crippen LogP contribution in [-0.4, -0.2) is 32.4 Å².